The third kappa shape index (κ3) is 2.13. The van der Waals surface area contributed by atoms with Gasteiger partial charge in [0.1, 0.15) is 0 Å². The Kier molecular flexibility index (Phi) is 3.30. The van der Waals surface area contributed by atoms with E-state index >= 15 is 0 Å². The minimum absolute atomic E-state index is 0.180. The monoisotopic (exact) mass is 238 g/mol. The van der Waals surface area contributed by atoms with Crippen LogP contribution in [0.5, 0.6) is 0 Å². The van der Waals surface area contributed by atoms with Crippen LogP contribution in [0, 0.1) is 6.92 Å². The number of carbonyl (C=O) groups excluding carboxylic acids is 1. The number of nitrogens with one attached hydrogen (secondary N) is 1. The molecule has 1 saturated heterocycles. The minimum Gasteiger partial charge on any atom is -0.333 e. The third-order valence-corrected chi connectivity index (χ3v) is 3.97. The molecule has 0 spiro atoms. The molecule has 1 aliphatic rings. The SMILES string of the molecule is Cc1cscc1C(=O)N1CC(C)NCC1C. The van der Waals surface area contributed by atoms with Crippen LogP contribution in [0.3, 0.4) is 0 Å². The predicted molar refractivity (Wildman–Crippen MR) is 67.0 cm³/mol. The Bertz CT molecular complexity index is 388. The van der Waals surface area contributed by atoms with Crippen molar-refractivity contribution in [2.24, 2.45) is 0 Å². The van der Waals surface area contributed by atoms with Crippen LogP contribution in [-0.4, -0.2) is 36.0 Å². The number of rotatable bonds is 1. The van der Waals surface area contributed by atoms with E-state index < -0.39 is 0 Å². The van der Waals surface area contributed by atoms with Crippen molar-refractivity contribution in [1.29, 1.82) is 0 Å². The van der Waals surface area contributed by atoms with E-state index in [1.54, 1.807) is 11.3 Å². The maximum Gasteiger partial charge on any atom is 0.255 e. The molecule has 0 aliphatic carbocycles. The topological polar surface area (TPSA) is 32.3 Å². The molecule has 1 amide bonds. The Labute approximate surface area is 100 Å². The average Bonchev–Trinajstić information content (AvgIpc) is 2.67. The van der Waals surface area contributed by atoms with Gasteiger partial charge in [-0.15, -0.1) is 0 Å². The lowest BCUT2D eigenvalue weighted by atomic mass is 10.1. The molecule has 2 atom stereocenters. The van der Waals surface area contributed by atoms with E-state index in [9.17, 15) is 4.79 Å². The summed E-state index contributed by atoms with van der Waals surface area (Å²) in [6.45, 7) is 7.90. The molecular formula is C12H18N2OS. The van der Waals surface area contributed by atoms with Gasteiger partial charge in [-0.05, 0) is 31.7 Å². The molecule has 0 bridgehead atoms. The van der Waals surface area contributed by atoms with Gasteiger partial charge in [-0.2, -0.15) is 11.3 Å². The number of aryl methyl sites for hydroxylation is 1. The summed E-state index contributed by atoms with van der Waals surface area (Å²) < 4.78 is 0. The molecule has 4 heteroatoms. The van der Waals surface area contributed by atoms with E-state index in [1.807, 2.05) is 22.6 Å². The van der Waals surface area contributed by atoms with E-state index in [-0.39, 0.29) is 11.9 Å². The molecule has 16 heavy (non-hydrogen) atoms. The van der Waals surface area contributed by atoms with E-state index in [0.29, 0.717) is 6.04 Å². The maximum absolute atomic E-state index is 12.3. The van der Waals surface area contributed by atoms with Gasteiger partial charge in [0.15, 0.2) is 0 Å². The Hall–Kier alpha value is -0.870. The molecule has 3 nitrogen and oxygen atoms in total. The molecule has 1 fully saturated rings. The van der Waals surface area contributed by atoms with Gasteiger partial charge in [0, 0.05) is 30.6 Å². The van der Waals surface area contributed by atoms with E-state index in [2.05, 4.69) is 19.2 Å². The van der Waals surface area contributed by atoms with Gasteiger partial charge in [-0.25, -0.2) is 0 Å². The van der Waals surface area contributed by atoms with Crippen molar-refractivity contribution < 1.29 is 4.79 Å². The number of piperazine rings is 1. The van der Waals surface area contributed by atoms with Gasteiger partial charge in [0.25, 0.3) is 5.91 Å². The van der Waals surface area contributed by atoms with Crippen molar-refractivity contribution in [3.63, 3.8) is 0 Å². The fraction of sp³-hybridized carbons (Fsp3) is 0.583. The average molecular weight is 238 g/mol. The fourth-order valence-corrected chi connectivity index (χ4v) is 2.86. The van der Waals surface area contributed by atoms with E-state index in [4.69, 9.17) is 0 Å². The first kappa shape index (κ1) is 11.6. The zero-order valence-electron chi connectivity index (χ0n) is 9.99. The molecule has 2 unspecified atom stereocenters. The van der Waals surface area contributed by atoms with Crippen LogP contribution in [-0.2, 0) is 0 Å². The summed E-state index contributed by atoms with van der Waals surface area (Å²) in [5, 5.41) is 7.37. The molecule has 1 N–H and O–H groups in total. The Morgan fingerprint density at radius 3 is 2.88 bits per heavy atom. The van der Waals surface area contributed by atoms with Crippen LogP contribution >= 0.6 is 11.3 Å². The summed E-state index contributed by atoms with van der Waals surface area (Å²) in [4.78, 5) is 14.3. The first-order chi connectivity index (χ1) is 7.59. The largest absolute Gasteiger partial charge is 0.333 e. The molecule has 2 heterocycles. The zero-order chi connectivity index (χ0) is 11.7. The summed E-state index contributed by atoms with van der Waals surface area (Å²) in [6.07, 6.45) is 0. The molecule has 1 aromatic rings. The fourth-order valence-electron chi connectivity index (χ4n) is 2.04. The van der Waals surface area contributed by atoms with Gasteiger partial charge >= 0.3 is 0 Å². The maximum atomic E-state index is 12.3. The highest BCUT2D eigenvalue weighted by molar-refractivity contribution is 7.08. The number of carbonyl (C=O) groups is 1. The second-order valence-corrected chi connectivity index (χ2v) is 5.33. The van der Waals surface area contributed by atoms with Crippen molar-refractivity contribution in [3.8, 4) is 0 Å². The summed E-state index contributed by atoms with van der Waals surface area (Å²) in [5.74, 6) is 0.180. The summed E-state index contributed by atoms with van der Waals surface area (Å²) in [5.41, 5.74) is 1.96. The third-order valence-electron chi connectivity index (χ3n) is 3.11. The van der Waals surface area contributed by atoms with Gasteiger partial charge < -0.3 is 10.2 Å². The quantitative estimate of drug-likeness (QED) is 0.810. The van der Waals surface area contributed by atoms with E-state index in [1.165, 1.54) is 0 Å². The Morgan fingerprint density at radius 1 is 1.50 bits per heavy atom. The Balaban J connectivity index is 2.18. The number of hydrogen-bond acceptors (Lipinski definition) is 3. The number of nitrogens with zero attached hydrogens (tertiary/aromatic N) is 1. The van der Waals surface area contributed by atoms with Crippen molar-refractivity contribution >= 4 is 17.2 Å². The molecule has 0 saturated carbocycles. The van der Waals surface area contributed by atoms with Crippen molar-refractivity contribution in [3.05, 3.63) is 21.9 Å². The lowest BCUT2D eigenvalue weighted by Gasteiger charge is -2.37. The molecular weight excluding hydrogens is 220 g/mol. The van der Waals surface area contributed by atoms with E-state index in [0.717, 1.165) is 24.2 Å². The summed E-state index contributed by atoms with van der Waals surface area (Å²) >= 11 is 1.60. The highest BCUT2D eigenvalue weighted by atomic mass is 32.1. The van der Waals surface area contributed by atoms with Crippen molar-refractivity contribution in [1.82, 2.24) is 10.2 Å². The van der Waals surface area contributed by atoms with Crippen LogP contribution in [0.25, 0.3) is 0 Å². The first-order valence-electron chi connectivity index (χ1n) is 5.66. The highest BCUT2D eigenvalue weighted by Crippen LogP contribution is 2.18. The molecule has 1 aliphatic heterocycles. The van der Waals surface area contributed by atoms with Crippen LogP contribution in [0.2, 0.25) is 0 Å². The molecule has 0 radical (unpaired) electrons. The van der Waals surface area contributed by atoms with Crippen molar-refractivity contribution in [2.75, 3.05) is 13.1 Å². The Morgan fingerprint density at radius 2 is 2.25 bits per heavy atom. The summed E-state index contributed by atoms with van der Waals surface area (Å²) in [6, 6.07) is 0.669. The van der Waals surface area contributed by atoms with Gasteiger partial charge in [0.05, 0.1) is 5.56 Å². The lowest BCUT2D eigenvalue weighted by Crippen LogP contribution is -2.56. The molecule has 0 aromatic carbocycles. The van der Waals surface area contributed by atoms with Crippen LogP contribution in [0.1, 0.15) is 29.8 Å². The number of thiophene rings is 1. The first-order valence-corrected chi connectivity index (χ1v) is 6.61. The predicted octanol–water partition coefficient (Wildman–Crippen LogP) is 1.88. The van der Waals surface area contributed by atoms with Crippen LogP contribution < -0.4 is 5.32 Å². The van der Waals surface area contributed by atoms with Crippen LogP contribution in [0.15, 0.2) is 10.8 Å². The van der Waals surface area contributed by atoms with Gasteiger partial charge in [0.2, 0.25) is 0 Å². The molecule has 88 valence electrons. The summed E-state index contributed by atoms with van der Waals surface area (Å²) in [7, 11) is 0. The smallest absolute Gasteiger partial charge is 0.255 e. The second-order valence-electron chi connectivity index (χ2n) is 4.58. The second kappa shape index (κ2) is 4.55. The minimum atomic E-state index is 0.180. The number of hydrogen-bond donors (Lipinski definition) is 1. The normalized spacial score (nSPS) is 25.8. The van der Waals surface area contributed by atoms with Gasteiger partial charge in [-0.1, -0.05) is 0 Å². The molecule has 2 rings (SSSR count). The molecule has 1 aromatic heterocycles. The zero-order valence-corrected chi connectivity index (χ0v) is 10.8. The highest BCUT2D eigenvalue weighted by Gasteiger charge is 2.28. The lowest BCUT2D eigenvalue weighted by molar-refractivity contribution is 0.0616. The number of amides is 1. The van der Waals surface area contributed by atoms with Crippen molar-refractivity contribution in [2.45, 2.75) is 32.9 Å². The standard InChI is InChI=1S/C12H18N2OS/c1-8-6-16-7-11(8)12(15)14-5-9(2)13-4-10(14)3/h6-7,9-10,13H,4-5H2,1-3H3. The van der Waals surface area contributed by atoms with Crippen LogP contribution in [0.4, 0.5) is 0 Å². The van der Waals surface area contributed by atoms with Gasteiger partial charge in [-0.3, -0.25) is 4.79 Å².